The van der Waals surface area contributed by atoms with E-state index in [9.17, 15) is 4.79 Å². The van der Waals surface area contributed by atoms with Crippen molar-refractivity contribution >= 4 is 17.6 Å². The summed E-state index contributed by atoms with van der Waals surface area (Å²) in [5.41, 5.74) is 0.611. The molecule has 0 radical (unpaired) electrons. The molecule has 0 aliphatic heterocycles. The molecule has 0 saturated carbocycles. The van der Waals surface area contributed by atoms with E-state index >= 15 is 0 Å². The number of hydrogen-bond acceptors (Lipinski definition) is 4. The van der Waals surface area contributed by atoms with E-state index in [1.54, 1.807) is 0 Å². The summed E-state index contributed by atoms with van der Waals surface area (Å²) in [6, 6.07) is 0. The molecular formula is CH4N2OS. The Bertz CT molecular complexity index is 30.8. The molecule has 0 bridgehead atoms. The SMILES string of the molecule is NNSC=O. The van der Waals surface area contributed by atoms with E-state index in [0.29, 0.717) is 5.62 Å². The first-order valence-corrected chi connectivity index (χ1v) is 1.84. The highest BCUT2D eigenvalue weighted by atomic mass is 32.2. The van der Waals surface area contributed by atoms with Gasteiger partial charge in [-0.25, -0.2) is 0 Å². The third kappa shape index (κ3) is 3.94. The highest BCUT2D eigenvalue weighted by Gasteiger charge is 1.63. The molecule has 0 amide bonds. The van der Waals surface area contributed by atoms with Crippen LogP contribution in [0, 0.1) is 0 Å². The smallest absolute Gasteiger partial charge is 0.192 e. The molecule has 0 heterocycles. The molecule has 3 nitrogen and oxygen atoms in total. The lowest BCUT2D eigenvalue weighted by molar-refractivity contribution is 0.569. The van der Waals surface area contributed by atoms with Crippen molar-refractivity contribution in [3.05, 3.63) is 0 Å². The van der Waals surface area contributed by atoms with Gasteiger partial charge in [0.15, 0.2) is 5.62 Å². The topological polar surface area (TPSA) is 55.1 Å². The zero-order chi connectivity index (χ0) is 4.12. The Kier molecular flexibility index (Phi) is 3.89. The van der Waals surface area contributed by atoms with Crippen LogP contribution in [0.1, 0.15) is 0 Å². The predicted molar refractivity (Wildman–Crippen MR) is 21.7 cm³/mol. The average molecular weight is 92.1 g/mol. The third-order valence-corrected chi connectivity index (χ3v) is 0.348. The number of rotatable bonds is 2. The van der Waals surface area contributed by atoms with Crippen LogP contribution in [0.5, 0.6) is 0 Å². The fourth-order valence-corrected chi connectivity index (χ4v) is 0.0833. The van der Waals surface area contributed by atoms with Gasteiger partial charge in [-0.15, -0.1) is 0 Å². The van der Waals surface area contributed by atoms with Crippen LogP contribution in [0.2, 0.25) is 0 Å². The number of hydrazine groups is 1. The Labute approximate surface area is 34.0 Å². The summed E-state index contributed by atoms with van der Waals surface area (Å²) in [5.74, 6) is 4.62. The van der Waals surface area contributed by atoms with Crippen LogP contribution in [-0.4, -0.2) is 5.62 Å². The second-order valence-electron chi connectivity index (χ2n) is 0.332. The van der Waals surface area contributed by atoms with E-state index < -0.39 is 0 Å². The molecule has 0 saturated heterocycles. The van der Waals surface area contributed by atoms with Crippen molar-refractivity contribution in [3.8, 4) is 0 Å². The zero-order valence-corrected chi connectivity index (χ0v) is 3.29. The van der Waals surface area contributed by atoms with Gasteiger partial charge in [0.1, 0.15) is 0 Å². The van der Waals surface area contributed by atoms with Crippen LogP contribution >= 0.6 is 11.9 Å². The Morgan fingerprint density at radius 3 is 2.60 bits per heavy atom. The van der Waals surface area contributed by atoms with Crippen LogP contribution in [0.4, 0.5) is 0 Å². The second kappa shape index (κ2) is 3.94. The molecule has 0 aromatic rings. The first kappa shape index (κ1) is 4.94. The van der Waals surface area contributed by atoms with Gasteiger partial charge in [-0.1, -0.05) is 0 Å². The number of nitrogens with one attached hydrogen (secondary N) is 1. The van der Waals surface area contributed by atoms with E-state index in [2.05, 4.69) is 10.7 Å². The van der Waals surface area contributed by atoms with Crippen molar-refractivity contribution in [2.75, 3.05) is 0 Å². The molecule has 3 N–H and O–H groups in total. The monoisotopic (exact) mass is 92.0 g/mol. The first-order valence-electron chi connectivity index (χ1n) is 0.964. The van der Waals surface area contributed by atoms with Crippen molar-refractivity contribution in [1.82, 2.24) is 4.83 Å². The Morgan fingerprint density at radius 2 is 2.60 bits per heavy atom. The van der Waals surface area contributed by atoms with Crippen molar-refractivity contribution in [1.29, 1.82) is 0 Å². The van der Waals surface area contributed by atoms with Gasteiger partial charge in [-0.2, -0.15) is 4.83 Å². The lowest BCUT2D eigenvalue weighted by Gasteiger charge is -1.75. The first-order chi connectivity index (χ1) is 2.41. The molecule has 0 unspecified atom stereocenters. The highest BCUT2D eigenvalue weighted by molar-refractivity contribution is 8.10. The van der Waals surface area contributed by atoms with E-state index in [0.717, 1.165) is 11.9 Å². The maximum Gasteiger partial charge on any atom is 0.192 e. The van der Waals surface area contributed by atoms with E-state index in [-0.39, 0.29) is 0 Å². The molecule has 0 rings (SSSR count). The van der Waals surface area contributed by atoms with Crippen LogP contribution < -0.4 is 10.7 Å². The van der Waals surface area contributed by atoms with Gasteiger partial charge in [-0.3, -0.25) is 10.6 Å². The number of carbonyl (C=O) groups excluding carboxylic acids is 1. The summed E-state index contributed by atoms with van der Waals surface area (Å²) in [4.78, 5) is 11.3. The predicted octanol–water partition coefficient (Wildman–Crippen LogP) is -0.712. The Balaban J connectivity index is 2.40. The third-order valence-electron chi connectivity index (χ3n) is 0.116. The van der Waals surface area contributed by atoms with Gasteiger partial charge < -0.3 is 0 Å². The fraction of sp³-hybridized carbons (Fsp3) is 0. The lowest BCUT2D eigenvalue weighted by atomic mass is 11.8. The number of hydrogen-bond donors (Lipinski definition) is 2. The molecule has 0 aromatic heterocycles. The average Bonchev–Trinajstić information content (AvgIpc) is 1.41. The molecule has 0 spiro atoms. The van der Waals surface area contributed by atoms with Gasteiger partial charge >= 0.3 is 0 Å². The largest absolute Gasteiger partial charge is 0.290 e. The van der Waals surface area contributed by atoms with Crippen molar-refractivity contribution < 1.29 is 4.79 Å². The fourth-order valence-electron chi connectivity index (χ4n) is 0.0278. The quantitative estimate of drug-likeness (QED) is 0.204. The summed E-state index contributed by atoms with van der Waals surface area (Å²) in [5, 5.41) is 0. The van der Waals surface area contributed by atoms with Crippen LogP contribution in [-0.2, 0) is 4.79 Å². The normalized spacial score (nSPS) is 7.40. The van der Waals surface area contributed by atoms with Gasteiger partial charge in [0, 0.05) is 11.9 Å². The molecular weight excluding hydrogens is 88.1 g/mol. The van der Waals surface area contributed by atoms with Crippen molar-refractivity contribution in [2.24, 2.45) is 5.84 Å². The zero-order valence-electron chi connectivity index (χ0n) is 2.47. The summed E-state index contributed by atoms with van der Waals surface area (Å²) < 4.78 is 0. The van der Waals surface area contributed by atoms with Crippen LogP contribution in [0.15, 0.2) is 0 Å². The van der Waals surface area contributed by atoms with Crippen LogP contribution in [0.25, 0.3) is 0 Å². The van der Waals surface area contributed by atoms with Crippen molar-refractivity contribution in [3.63, 3.8) is 0 Å². The maximum atomic E-state index is 9.23. The summed E-state index contributed by atoms with van der Waals surface area (Å²) in [6.07, 6.45) is 0. The molecule has 5 heavy (non-hydrogen) atoms. The molecule has 0 aromatic carbocycles. The molecule has 0 aliphatic carbocycles. The minimum absolute atomic E-state index is 0.611. The van der Waals surface area contributed by atoms with Crippen molar-refractivity contribution in [2.45, 2.75) is 0 Å². The molecule has 0 fully saturated rings. The van der Waals surface area contributed by atoms with Gasteiger partial charge in [0.25, 0.3) is 0 Å². The number of carbonyl (C=O) groups is 1. The van der Waals surface area contributed by atoms with Gasteiger partial charge in [0.05, 0.1) is 0 Å². The van der Waals surface area contributed by atoms with E-state index in [1.165, 1.54) is 0 Å². The van der Waals surface area contributed by atoms with Gasteiger partial charge in [0.2, 0.25) is 0 Å². The summed E-state index contributed by atoms with van der Waals surface area (Å²) >= 11 is 0.810. The molecule has 0 aliphatic rings. The second-order valence-corrected chi connectivity index (χ2v) is 0.996. The Morgan fingerprint density at radius 1 is 2.00 bits per heavy atom. The molecule has 30 valence electrons. The summed E-state index contributed by atoms with van der Waals surface area (Å²) in [7, 11) is 0. The van der Waals surface area contributed by atoms with Crippen LogP contribution in [0.3, 0.4) is 0 Å². The highest BCUT2D eigenvalue weighted by Crippen LogP contribution is 1.72. The Hall–Kier alpha value is -0.0600. The lowest BCUT2D eigenvalue weighted by Crippen LogP contribution is -2.10. The number of nitrogens with two attached hydrogens (primary N) is 1. The summed E-state index contributed by atoms with van der Waals surface area (Å²) in [6.45, 7) is 0. The van der Waals surface area contributed by atoms with E-state index in [4.69, 9.17) is 0 Å². The standard InChI is InChI=1S/CH4N2OS/c2-3-5-1-4/h1,3H,2H2. The minimum atomic E-state index is 0.611. The maximum absolute atomic E-state index is 9.23. The molecule has 4 heteroatoms. The van der Waals surface area contributed by atoms with Gasteiger partial charge in [-0.05, 0) is 0 Å². The minimum Gasteiger partial charge on any atom is -0.290 e. The van der Waals surface area contributed by atoms with E-state index in [1.807, 2.05) is 0 Å². The molecule has 0 atom stereocenters.